The van der Waals surface area contributed by atoms with Crippen molar-refractivity contribution in [1.82, 2.24) is 0 Å². The summed E-state index contributed by atoms with van der Waals surface area (Å²) in [5.41, 5.74) is 5.36. The Morgan fingerprint density at radius 1 is 1.22 bits per heavy atom. The van der Waals surface area contributed by atoms with Gasteiger partial charge in [-0.2, -0.15) is 0 Å². The van der Waals surface area contributed by atoms with Gasteiger partial charge in [-0.3, -0.25) is 4.79 Å². The van der Waals surface area contributed by atoms with Gasteiger partial charge in [0.2, 0.25) is 0 Å². The molecule has 0 aromatic heterocycles. The Bertz CT molecular complexity index is 439. The first kappa shape index (κ1) is 14.7. The molecule has 1 aromatic rings. The van der Waals surface area contributed by atoms with Crippen LogP contribution < -0.4 is 0 Å². The average molecular weight is 248 g/mol. The number of methoxy groups -OCH3 is 1. The van der Waals surface area contributed by atoms with Gasteiger partial charge < -0.3 is 4.74 Å². The number of hydrogen-bond acceptors (Lipinski definition) is 2. The van der Waals surface area contributed by atoms with Crippen molar-refractivity contribution in [1.29, 1.82) is 0 Å². The minimum absolute atomic E-state index is 0.135. The maximum absolute atomic E-state index is 11.2. The highest BCUT2D eigenvalue weighted by Crippen LogP contribution is 2.29. The summed E-state index contributed by atoms with van der Waals surface area (Å²) < 4.78 is 4.68. The van der Waals surface area contributed by atoms with E-state index in [0.717, 1.165) is 6.42 Å². The van der Waals surface area contributed by atoms with Gasteiger partial charge in [-0.05, 0) is 47.9 Å². The highest BCUT2D eigenvalue weighted by atomic mass is 16.5. The van der Waals surface area contributed by atoms with Crippen LogP contribution in [0.5, 0.6) is 0 Å². The maximum atomic E-state index is 11.2. The number of ether oxygens (including phenoxy) is 1. The number of carbonyl (C=O) groups is 1. The van der Waals surface area contributed by atoms with Crippen LogP contribution in [0, 0.1) is 13.8 Å². The van der Waals surface area contributed by atoms with E-state index in [0.29, 0.717) is 6.42 Å². The lowest BCUT2D eigenvalue weighted by molar-refractivity contribution is -0.140. The van der Waals surface area contributed by atoms with Crippen molar-refractivity contribution in [3.63, 3.8) is 0 Å². The Hall–Kier alpha value is -1.31. The fraction of sp³-hybridized carbons (Fsp3) is 0.562. The summed E-state index contributed by atoms with van der Waals surface area (Å²) in [6.07, 6.45) is 1.19. The molecule has 100 valence electrons. The lowest BCUT2D eigenvalue weighted by atomic mass is 9.81. The maximum Gasteiger partial charge on any atom is 0.305 e. The lowest BCUT2D eigenvalue weighted by Crippen LogP contribution is -2.14. The Labute approximate surface area is 110 Å². The predicted octanol–water partition coefficient (Wildman–Crippen LogP) is 3.71. The van der Waals surface area contributed by atoms with Crippen molar-refractivity contribution in [2.75, 3.05) is 7.11 Å². The van der Waals surface area contributed by atoms with Gasteiger partial charge in [-0.15, -0.1) is 0 Å². The smallest absolute Gasteiger partial charge is 0.305 e. The zero-order valence-electron chi connectivity index (χ0n) is 12.4. The molecule has 2 heteroatoms. The Kier molecular flexibility index (Phi) is 4.55. The SMILES string of the molecule is COC(=O)CCc1cc(C)c(C)c(C(C)(C)C)c1. The molecule has 0 fully saturated rings. The molecule has 0 aliphatic rings. The van der Waals surface area contributed by atoms with Crippen molar-refractivity contribution in [2.45, 2.75) is 52.9 Å². The van der Waals surface area contributed by atoms with Gasteiger partial charge in [0.25, 0.3) is 0 Å². The number of aryl methyl sites for hydroxylation is 2. The second kappa shape index (κ2) is 5.55. The Morgan fingerprint density at radius 3 is 2.33 bits per heavy atom. The van der Waals surface area contributed by atoms with E-state index >= 15 is 0 Å². The van der Waals surface area contributed by atoms with Crippen LogP contribution in [0.25, 0.3) is 0 Å². The zero-order chi connectivity index (χ0) is 13.9. The van der Waals surface area contributed by atoms with E-state index in [1.807, 2.05) is 0 Å². The molecule has 1 rings (SSSR count). The van der Waals surface area contributed by atoms with E-state index in [2.05, 4.69) is 51.5 Å². The molecule has 2 nitrogen and oxygen atoms in total. The van der Waals surface area contributed by atoms with Crippen LogP contribution in [-0.2, 0) is 21.4 Å². The summed E-state index contributed by atoms with van der Waals surface area (Å²) in [5, 5.41) is 0. The van der Waals surface area contributed by atoms with E-state index in [9.17, 15) is 4.79 Å². The van der Waals surface area contributed by atoms with Crippen molar-refractivity contribution in [3.05, 3.63) is 34.4 Å². The van der Waals surface area contributed by atoms with E-state index in [1.165, 1.54) is 29.4 Å². The second-order valence-corrected chi connectivity index (χ2v) is 5.91. The topological polar surface area (TPSA) is 26.3 Å². The third kappa shape index (κ3) is 3.59. The van der Waals surface area contributed by atoms with Gasteiger partial charge in [-0.1, -0.05) is 32.9 Å². The van der Waals surface area contributed by atoms with Crippen LogP contribution in [0.2, 0.25) is 0 Å². The molecule has 0 unspecified atom stereocenters. The fourth-order valence-electron chi connectivity index (χ4n) is 2.21. The lowest BCUT2D eigenvalue weighted by Gasteiger charge is -2.24. The van der Waals surface area contributed by atoms with E-state index in [-0.39, 0.29) is 11.4 Å². The van der Waals surface area contributed by atoms with E-state index in [4.69, 9.17) is 0 Å². The first-order chi connectivity index (χ1) is 8.25. The molecule has 0 heterocycles. The van der Waals surface area contributed by atoms with Crippen molar-refractivity contribution in [3.8, 4) is 0 Å². The molecular weight excluding hydrogens is 224 g/mol. The number of hydrogen-bond donors (Lipinski definition) is 0. The van der Waals surface area contributed by atoms with E-state index in [1.54, 1.807) is 0 Å². The summed E-state index contributed by atoms with van der Waals surface area (Å²) in [7, 11) is 1.43. The highest BCUT2D eigenvalue weighted by Gasteiger charge is 2.18. The molecule has 0 saturated carbocycles. The number of carbonyl (C=O) groups excluding carboxylic acids is 1. The molecule has 0 atom stereocenters. The number of benzene rings is 1. The van der Waals surface area contributed by atoms with Gasteiger partial charge in [0, 0.05) is 6.42 Å². The minimum Gasteiger partial charge on any atom is -0.469 e. The summed E-state index contributed by atoms with van der Waals surface area (Å²) in [5.74, 6) is -0.148. The normalized spacial score (nSPS) is 11.4. The standard InChI is InChI=1S/C16H24O2/c1-11-9-13(7-8-15(17)18-6)10-14(12(11)2)16(3,4)5/h9-10H,7-8H2,1-6H3. The van der Waals surface area contributed by atoms with Crippen LogP contribution in [0.4, 0.5) is 0 Å². The zero-order valence-corrected chi connectivity index (χ0v) is 12.4. The molecule has 0 saturated heterocycles. The molecular formula is C16H24O2. The third-order valence-electron chi connectivity index (χ3n) is 3.38. The van der Waals surface area contributed by atoms with E-state index < -0.39 is 0 Å². The van der Waals surface area contributed by atoms with Gasteiger partial charge in [0.15, 0.2) is 0 Å². The molecule has 0 radical (unpaired) electrons. The van der Waals surface area contributed by atoms with Crippen LogP contribution in [-0.4, -0.2) is 13.1 Å². The second-order valence-electron chi connectivity index (χ2n) is 5.91. The molecule has 1 aromatic carbocycles. The molecule has 18 heavy (non-hydrogen) atoms. The van der Waals surface area contributed by atoms with Crippen LogP contribution in [0.3, 0.4) is 0 Å². The van der Waals surface area contributed by atoms with Crippen molar-refractivity contribution >= 4 is 5.97 Å². The van der Waals surface area contributed by atoms with Gasteiger partial charge in [-0.25, -0.2) is 0 Å². The van der Waals surface area contributed by atoms with Crippen LogP contribution in [0.15, 0.2) is 12.1 Å². The molecule has 0 amide bonds. The van der Waals surface area contributed by atoms with Gasteiger partial charge in [0.05, 0.1) is 7.11 Å². The predicted molar refractivity (Wildman–Crippen MR) is 75.0 cm³/mol. The summed E-state index contributed by atoms with van der Waals surface area (Å²) >= 11 is 0. The van der Waals surface area contributed by atoms with Crippen molar-refractivity contribution < 1.29 is 9.53 Å². The molecule has 0 spiro atoms. The van der Waals surface area contributed by atoms with Crippen molar-refractivity contribution in [2.24, 2.45) is 0 Å². The first-order valence-electron chi connectivity index (χ1n) is 6.43. The molecule has 0 N–H and O–H groups in total. The monoisotopic (exact) mass is 248 g/mol. The fourth-order valence-corrected chi connectivity index (χ4v) is 2.21. The van der Waals surface area contributed by atoms with Gasteiger partial charge >= 0.3 is 5.97 Å². The summed E-state index contributed by atoms with van der Waals surface area (Å²) in [4.78, 5) is 11.2. The third-order valence-corrected chi connectivity index (χ3v) is 3.38. The first-order valence-corrected chi connectivity index (χ1v) is 6.43. The highest BCUT2D eigenvalue weighted by molar-refractivity contribution is 5.69. The van der Waals surface area contributed by atoms with Crippen LogP contribution in [0.1, 0.15) is 49.4 Å². The van der Waals surface area contributed by atoms with Crippen LogP contribution >= 0.6 is 0 Å². The number of rotatable bonds is 3. The molecule has 0 aliphatic carbocycles. The largest absolute Gasteiger partial charge is 0.469 e. The average Bonchev–Trinajstić information content (AvgIpc) is 2.28. The number of esters is 1. The minimum atomic E-state index is -0.148. The molecule has 0 bridgehead atoms. The Balaban J connectivity index is 3.02. The Morgan fingerprint density at radius 2 is 1.83 bits per heavy atom. The summed E-state index contributed by atoms with van der Waals surface area (Å²) in [6, 6.07) is 4.40. The molecule has 0 aliphatic heterocycles. The van der Waals surface area contributed by atoms with Gasteiger partial charge in [0.1, 0.15) is 0 Å². The summed E-state index contributed by atoms with van der Waals surface area (Å²) in [6.45, 7) is 11.0. The quantitative estimate of drug-likeness (QED) is 0.762.